The summed E-state index contributed by atoms with van der Waals surface area (Å²) >= 11 is 0. The minimum atomic E-state index is -1.21. The van der Waals surface area contributed by atoms with Crippen LogP contribution in [0.15, 0.2) is 0 Å². The lowest BCUT2D eigenvalue weighted by atomic mass is 10.4. The van der Waals surface area contributed by atoms with Crippen LogP contribution in [0.25, 0.3) is 0 Å². The van der Waals surface area contributed by atoms with E-state index in [1.807, 2.05) is 0 Å². The summed E-state index contributed by atoms with van der Waals surface area (Å²) in [5, 5.41) is 5.43. The number of rotatable bonds is 24. The Kier molecular flexibility index (Phi) is 23.4. The van der Waals surface area contributed by atoms with Gasteiger partial charge in [0.25, 0.3) is 0 Å². The highest BCUT2D eigenvalue weighted by molar-refractivity contribution is 5.45. The van der Waals surface area contributed by atoms with E-state index in [1.165, 1.54) is 0 Å². The molecule has 0 aromatic heterocycles. The fourth-order valence-electron chi connectivity index (χ4n) is 1.87. The second-order valence-electron chi connectivity index (χ2n) is 5.61. The molecule has 0 bridgehead atoms. The average Bonchev–Trinajstić information content (AvgIpc) is 2.70. The van der Waals surface area contributed by atoms with Crippen molar-refractivity contribution in [2.24, 2.45) is 0 Å². The number of likely N-dealkylation sites (N-methyl/N-ethyl adjacent to an activating group) is 1. The van der Waals surface area contributed by atoms with E-state index in [-0.39, 0.29) is 13.2 Å². The summed E-state index contributed by atoms with van der Waals surface area (Å²) in [6, 6.07) is 0. The van der Waals surface area contributed by atoms with Crippen molar-refractivity contribution in [1.82, 2.24) is 10.6 Å². The van der Waals surface area contributed by atoms with Crippen LogP contribution in [0.5, 0.6) is 0 Å². The first-order chi connectivity index (χ1) is 13.8. The van der Waals surface area contributed by atoms with Crippen molar-refractivity contribution in [2.75, 3.05) is 98.9 Å². The van der Waals surface area contributed by atoms with Gasteiger partial charge in [0.15, 0.2) is 0 Å². The second kappa shape index (κ2) is 24.2. The zero-order valence-corrected chi connectivity index (χ0v) is 17.0. The first-order valence-corrected chi connectivity index (χ1v) is 9.79. The Hall–Kier alpha value is -0.880. The van der Waals surface area contributed by atoms with Crippen LogP contribution in [0, 0.1) is 0 Å². The zero-order valence-electron chi connectivity index (χ0n) is 17.0. The van der Waals surface area contributed by atoms with Crippen molar-refractivity contribution >= 4 is 6.41 Å². The number of carbonyl (C=O) groups is 1. The molecule has 0 aliphatic carbocycles. The van der Waals surface area contributed by atoms with E-state index in [9.17, 15) is 9.18 Å². The summed E-state index contributed by atoms with van der Waals surface area (Å²) in [4.78, 5) is 10.00. The van der Waals surface area contributed by atoms with Crippen LogP contribution in [0.4, 0.5) is 4.39 Å². The number of halogens is 1. The standard InChI is InChI=1S/C18H37FN2O7/c1-2-20-3-4-23-5-6-24-7-8-25-9-10-26-11-12-27-13-14-28-16-18(19)15-21-17-22/h17-18,20H,2-16H2,1H3,(H,21,22). The van der Waals surface area contributed by atoms with Gasteiger partial charge in [0.05, 0.1) is 85.8 Å². The Morgan fingerprint density at radius 2 is 1.18 bits per heavy atom. The summed E-state index contributed by atoms with van der Waals surface area (Å²) in [6.07, 6.45) is -0.750. The number of carbonyl (C=O) groups excluding carboxylic acids is 1. The lowest BCUT2D eigenvalue weighted by Gasteiger charge is -2.09. The van der Waals surface area contributed by atoms with Gasteiger partial charge < -0.3 is 39.1 Å². The summed E-state index contributed by atoms with van der Waals surface area (Å²) in [7, 11) is 0. The molecule has 2 N–H and O–H groups in total. The van der Waals surface area contributed by atoms with Crippen LogP contribution in [-0.4, -0.2) is 111 Å². The third-order valence-electron chi connectivity index (χ3n) is 3.25. The molecule has 0 saturated carbocycles. The molecule has 0 aromatic rings. The number of ether oxygens (including phenoxy) is 6. The Morgan fingerprint density at radius 3 is 1.61 bits per heavy atom. The lowest BCUT2D eigenvalue weighted by Crippen LogP contribution is -2.26. The van der Waals surface area contributed by atoms with E-state index in [0.29, 0.717) is 79.1 Å². The largest absolute Gasteiger partial charge is 0.378 e. The number of amides is 1. The molecule has 1 atom stereocenters. The Labute approximate surface area is 167 Å². The third kappa shape index (κ3) is 23.2. The molecule has 168 valence electrons. The molecule has 9 nitrogen and oxygen atoms in total. The zero-order chi connectivity index (χ0) is 20.5. The normalized spacial score (nSPS) is 12.2. The van der Waals surface area contributed by atoms with E-state index in [0.717, 1.165) is 13.1 Å². The van der Waals surface area contributed by atoms with Crippen LogP contribution in [0.3, 0.4) is 0 Å². The van der Waals surface area contributed by atoms with Gasteiger partial charge in [-0.2, -0.15) is 0 Å². The fourth-order valence-corrected chi connectivity index (χ4v) is 1.87. The van der Waals surface area contributed by atoms with Gasteiger partial charge in [-0.05, 0) is 6.54 Å². The molecular formula is C18H37FN2O7. The van der Waals surface area contributed by atoms with Crippen LogP contribution < -0.4 is 10.6 Å². The summed E-state index contributed by atoms with van der Waals surface area (Å²) in [5.41, 5.74) is 0. The summed E-state index contributed by atoms with van der Waals surface area (Å²) < 4.78 is 45.0. The van der Waals surface area contributed by atoms with Gasteiger partial charge in [0.1, 0.15) is 6.17 Å². The van der Waals surface area contributed by atoms with Crippen LogP contribution >= 0.6 is 0 Å². The predicted octanol–water partition coefficient (Wildman–Crippen LogP) is -0.220. The highest BCUT2D eigenvalue weighted by Crippen LogP contribution is 1.90. The van der Waals surface area contributed by atoms with Crippen molar-refractivity contribution < 1.29 is 37.6 Å². The smallest absolute Gasteiger partial charge is 0.207 e. The molecule has 0 fully saturated rings. The first-order valence-electron chi connectivity index (χ1n) is 9.79. The molecule has 0 spiro atoms. The Balaban J connectivity index is 3.04. The first kappa shape index (κ1) is 27.1. The van der Waals surface area contributed by atoms with Gasteiger partial charge in [-0.25, -0.2) is 4.39 Å². The van der Waals surface area contributed by atoms with Crippen molar-refractivity contribution in [2.45, 2.75) is 13.1 Å². The lowest BCUT2D eigenvalue weighted by molar-refractivity contribution is -0.109. The predicted molar refractivity (Wildman–Crippen MR) is 102 cm³/mol. The molecule has 0 aliphatic heterocycles. The van der Waals surface area contributed by atoms with Crippen molar-refractivity contribution in [1.29, 1.82) is 0 Å². The molecule has 1 amide bonds. The van der Waals surface area contributed by atoms with Gasteiger partial charge in [-0.15, -0.1) is 0 Å². The monoisotopic (exact) mass is 412 g/mol. The third-order valence-corrected chi connectivity index (χ3v) is 3.25. The van der Waals surface area contributed by atoms with Gasteiger partial charge >= 0.3 is 0 Å². The maximum atomic E-state index is 13.1. The van der Waals surface area contributed by atoms with Gasteiger partial charge in [0.2, 0.25) is 6.41 Å². The fraction of sp³-hybridized carbons (Fsp3) is 0.944. The quantitative estimate of drug-likeness (QED) is 0.166. The van der Waals surface area contributed by atoms with E-state index in [4.69, 9.17) is 28.4 Å². The summed E-state index contributed by atoms with van der Waals surface area (Å²) in [5.74, 6) is 0. The SMILES string of the molecule is CCNCCOCCOCCOCCOCCOCCOCC(F)CNC=O. The highest BCUT2D eigenvalue weighted by atomic mass is 19.1. The van der Waals surface area contributed by atoms with Crippen LogP contribution in [0.1, 0.15) is 6.92 Å². The molecule has 0 aliphatic rings. The second-order valence-corrected chi connectivity index (χ2v) is 5.61. The number of hydrogen-bond acceptors (Lipinski definition) is 8. The molecule has 0 rings (SSSR count). The van der Waals surface area contributed by atoms with Crippen molar-refractivity contribution in [3.05, 3.63) is 0 Å². The van der Waals surface area contributed by atoms with Crippen molar-refractivity contribution in [3.8, 4) is 0 Å². The topological polar surface area (TPSA) is 96.5 Å². The Morgan fingerprint density at radius 1 is 0.750 bits per heavy atom. The van der Waals surface area contributed by atoms with E-state index >= 15 is 0 Å². The Bertz CT molecular complexity index is 318. The number of alkyl halides is 1. The van der Waals surface area contributed by atoms with E-state index in [2.05, 4.69) is 17.6 Å². The minimum absolute atomic E-state index is 0.0438. The molecule has 0 saturated heterocycles. The van der Waals surface area contributed by atoms with Crippen LogP contribution in [0.2, 0.25) is 0 Å². The average molecular weight is 412 g/mol. The number of nitrogens with one attached hydrogen (secondary N) is 2. The molecular weight excluding hydrogens is 375 g/mol. The molecule has 0 heterocycles. The minimum Gasteiger partial charge on any atom is -0.378 e. The van der Waals surface area contributed by atoms with Gasteiger partial charge in [-0.3, -0.25) is 4.79 Å². The maximum Gasteiger partial charge on any atom is 0.207 e. The van der Waals surface area contributed by atoms with E-state index in [1.54, 1.807) is 0 Å². The van der Waals surface area contributed by atoms with E-state index < -0.39 is 6.17 Å². The van der Waals surface area contributed by atoms with Gasteiger partial charge in [0, 0.05) is 6.54 Å². The highest BCUT2D eigenvalue weighted by Gasteiger charge is 2.04. The molecule has 1 unspecified atom stereocenters. The molecule has 0 radical (unpaired) electrons. The molecule has 10 heteroatoms. The number of hydrogen-bond donors (Lipinski definition) is 2. The van der Waals surface area contributed by atoms with Crippen molar-refractivity contribution in [3.63, 3.8) is 0 Å². The van der Waals surface area contributed by atoms with Crippen LogP contribution in [-0.2, 0) is 33.2 Å². The maximum absolute atomic E-state index is 13.1. The summed E-state index contributed by atoms with van der Waals surface area (Å²) in [6.45, 7) is 9.21. The molecule has 0 aromatic carbocycles. The van der Waals surface area contributed by atoms with Gasteiger partial charge in [-0.1, -0.05) is 6.92 Å². The molecule has 28 heavy (non-hydrogen) atoms.